The Balaban J connectivity index is 1.67. The molecule has 0 saturated heterocycles. The molecule has 4 rings (SSSR count). The second-order valence-corrected chi connectivity index (χ2v) is 6.70. The van der Waals surface area contributed by atoms with Gasteiger partial charge in [0.25, 0.3) is 11.5 Å². The van der Waals surface area contributed by atoms with Gasteiger partial charge in [-0.25, -0.2) is 9.07 Å². The van der Waals surface area contributed by atoms with Crippen LogP contribution < -0.4 is 10.5 Å². The van der Waals surface area contributed by atoms with Crippen LogP contribution in [0.2, 0.25) is 0 Å². The van der Waals surface area contributed by atoms with E-state index in [0.717, 1.165) is 17.7 Å². The van der Waals surface area contributed by atoms with Crippen LogP contribution in [0.5, 0.6) is 0 Å². The molecule has 0 aliphatic carbocycles. The van der Waals surface area contributed by atoms with E-state index in [1.54, 1.807) is 17.0 Å². The third-order valence-electron chi connectivity index (χ3n) is 4.73. The van der Waals surface area contributed by atoms with Gasteiger partial charge in [0.05, 0.1) is 6.54 Å². The first-order chi connectivity index (χ1) is 13.0. The Morgan fingerprint density at radius 3 is 2.78 bits per heavy atom. The Labute approximate surface area is 155 Å². The van der Waals surface area contributed by atoms with E-state index in [-0.39, 0.29) is 35.6 Å². The zero-order chi connectivity index (χ0) is 19.0. The number of aromatic nitrogens is 2. The molecular formula is C21H18FN3O2. The number of amides is 1. The second kappa shape index (κ2) is 6.79. The zero-order valence-corrected chi connectivity index (χ0v) is 14.8. The number of nitrogens with zero attached hydrogens (tertiary/aromatic N) is 3. The van der Waals surface area contributed by atoms with Gasteiger partial charge in [0, 0.05) is 17.8 Å². The third kappa shape index (κ3) is 3.26. The highest BCUT2D eigenvalue weighted by molar-refractivity contribution is 6.06. The van der Waals surface area contributed by atoms with Crippen molar-refractivity contribution in [2.75, 3.05) is 4.90 Å². The van der Waals surface area contributed by atoms with Gasteiger partial charge in [0.2, 0.25) is 0 Å². The summed E-state index contributed by atoms with van der Waals surface area (Å²) in [4.78, 5) is 26.9. The molecule has 0 fully saturated rings. The van der Waals surface area contributed by atoms with Crippen LogP contribution in [0.4, 0.5) is 10.1 Å². The van der Waals surface area contributed by atoms with Crippen LogP contribution in [-0.2, 0) is 13.0 Å². The van der Waals surface area contributed by atoms with E-state index in [1.807, 2.05) is 31.2 Å². The summed E-state index contributed by atoms with van der Waals surface area (Å²) in [5.41, 5.74) is 2.44. The molecule has 1 aromatic heterocycles. The second-order valence-electron chi connectivity index (χ2n) is 6.70. The van der Waals surface area contributed by atoms with Crippen LogP contribution in [0.3, 0.4) is 0 Å². The predicted octanol–water partition coefficient (Wildman–Crippen LogP) is 3.02. The Kier molecular flexibility index (Phi) is 4.32. The van der Waals surface area contributed by atoms with Crippen molar-refractivity contribution in [3.8, 4) is 0 Å². The first-order valence-electron chi connectivity index (χ1n) is 8.77. The smallest absolute Gasteiger partial charge is 0.278 e. The predicted molar refractivity (Wildman–Crippen MR) is 100 cm³/mol. The lowest BCUT2D eigenvalue weighted by Gasteiger charge is -2.22. The lowest BCUT2D eigenvalue weighted by molar-refractivity contribution is 0.0974. The average Bonchev–Trinajstić information content (AvgIpc) is 2.98. The highest BCUT2D eigenvalue weighted by atomic mass is 19.1. The van der Waals surface area contributed by atoms with Crippen molar-refractivity contribution in [1.29, 1.82) is 0 Å². The maximum absolute atomic E-state index is 13.4. The average molecular weight is 363 g/mol. The summed E-state index contributed by atoms with van der Waals surface area (Å²) in [6.07, 6.45) is 0.783. The van der Waals surface area contributed by atoms with E-state index >= 15 is 0 Å². The summed E-state index contributed by atoms with van der Waals surface area (Å²) in [5, 5.41) is 4.24. The van der Waals surface area contributed by atoms with Crippen LogP contribution in [0.25, 0.3) is 0 Å². The first kappa shape index (κ1) is 17.1. The minimum atomic E-state index is -0.379. The van der Waals surface area contributed by atoms with Gasteiger partial charge in [-0.3, -0.25) is 9.59 Å². The summed E-state index contributed by atoms with van der Waals surface area (Å²) in [6, 6.07) is 16.5. The molecule has 2 aromatic carbocycles. The molecule has 0 unspecified atom stereocenters. The molecule has 0 bridgehead atoms. The van der Waals surface area contributed by atoms with Gasteiger partial charge >= 0.3 is 0 Å². The molecule has 2 heterocycles. The molecule has 3 aromatic rings. The molecule has 0 N–H and O–H groups in total. The molecule has 136 valence electrons. The van der Waals surface area contributed by atoms with Crippen LogP contribution in [0.15, 0.2) is 65.5 Å². The summed E-state index contributed by atoms with van der Waals surface area (Å²) < 4.78 is 14.6. The number of carbonyl (C=O) groups excluding carboxylic acids is 1. The molecular weight excluding hydrogens is 345 g/mol. The van der Waals surface area contributed by atoms with Crippen molar-refractivity contribution in [3.63, 3.8) is 0 Å². The summed E-state index contributed by atoms with van der Waals surface area (Å²) in [7, 11) is 0. The molecule has 0 radical (unpaired) electrons. The van der Waals surface area contributed by atoms with E-state index in [2.05, 4.69) is 5.10 Å². The summed E-state index contributed by atoms with van der Waals surface area (Å²) in [5.74, 6) is -0.629. The molecule has 5 nitrogen and oxygen atoms in total. The molecule has 1 amide bonds. The maximum Gasteiger partial charge on any atom is 0.278 e. The van der Waals surface area contributed by atoms with Gasteiger partial charge in [-0.15, -0.1) is 0 Å². The Bertz CT molecular complexity index is 1080. The molecule has 1 aliphatic rings. The lowest BCUT2D eigenvalue weighted by Crippen LogP contribution is -2.37. The number of para-hydroxylation sites is 1. The van der Waals surface area contributed by atoms with Crippen molar-refractivity contribution in [3.05, 3.63) is 93.7 Å². The topological polar surface area (TPSA) is 55.2 Å². The standard InChI is InChI=1S/C21H18FN3O2/c1-14-11-16-6-2-3-8-19(16)25(14)21(27)18-9-10-20(26)24(23-18)13-15-5-4-7-17(22)12-15/h2-10,12,14H,11,13H2,1H3/t14-/m0/s1. The highest BCUT2D eigenvalue weighted by Gasteiger charge is 2.32. The van der Waals surface area contributed by atoms with Crippen LogP contribution in [0.1, 0.15) is 28.5 Å². The molecule has 1 aliphatic heterocycles. The summed E-state index contributed by atoms with van der Waals surface area (Å²) >= 11 is 0. The number of carbonyl (C=O) groups is 1. The van der Waals surface area contributed by atoms with Crippen LogP contribution in [0, 0.1) is 5.82 Å². The number of benzene rings is 2. The van der Waals surface area contributed by atoms with Gasteiger partial charge in [0.15, 0.2) is 0 Å². The van der Waals surface area contributed by atoms with Crippen molar-refractivity contribution < 1.29 is 9.18 Å². The van der Waals surface area contributed by atoms with Gasteiger partial charge in [-0.1, -0.05) is 30.3 Å². The van der Waals surface area contributed by atoms with Crippen molar-refractivity contribution in [1.82, 2.24) is 9.78 Å². The largest absolute Gasteiger partial charge is 0.304 e. The molecule has 27 heavy (non-hydrogen) atoms. The van der Waals surface area contributed by atoms with Gasteiger partial charge in [0.1, 0.15) is 11.5 Å². The van der Waals surface area contributed by atoms with Gasteiger partial charge < -0.3 is 4.90 Å². The molecule has 0 saturated carbocycles. The van der Waals surface area contributed by atoms with Crippen LogP contribution >= 0.6 is 0 Å². The van der Waals surface area contributed by atoms with E-state index in [4.69, 9.17) is 0 Å². The number of rotatable bonds is 3. The zero-order valence-electron chi connectivity index (χ0n) is 14.8. The SMILES string of the molecule is C[C@H]1Cc2ccccc2N1C(=O)c1ccc(=O)n(Cc2cccc(F)c2)n1. The van der Waals surface area contributed by atoms with E-state index in [9.17, 15) is 14.0 Å². The van der Waals surface area contributed by atoms with Crippen molar-refractivity contribution in [2.24, 2.45) is 0 Å². The molecule has 6 heteroatoms. The monoisotopic (exact) mass is 363 g/mol. The third-order valence-corrected chi connectivity index (χ3v) is 4.73. The minimum absolute atomic E-state index is 0.0142. The highest BCUT2D eigenvalue weighted by Crippen LogP contribution is 2.32. The number of halogens is 1. The number of anilines is 1. The molecule has 0 spiro atoms. The normalized spacial score (nSPS) is 15.6. The fraction of sp³-hybridized carbons (Fsp3) is 0.190. The maximum atomic E-state index is 13.4. The first-order valence-corrected chi connectivity index (χ1v) is 8.77. The number of hydrogen-bond donors (Lipinski definition) is 0. The van der Waals surface area contributed by atoms with E-state index in [1.165, 1.54) is 28.9 Å². The number of fused-ring (bicyclic) bond motifs is 1. The fourth-order valence-electron chi connectivity index (χ4n) is 3.48. The van der Waals surface area contributed by atoms with Crippen molar-refractivity contribution >= 4 is 11.6 Å². The summed E-state index contributed by atoms with van der Waals surface area (Å²) in [6.45, 7) is 2.09. The fourth-order valence-corrected chi connectivity index (χ4v) is 3.48. The molecule has 1 atom stereocenters. The Morgan fingerprint density at radius 1 is 1.15 bits per heavy atom. The van der Waals surface area contributed by atoms with Crippen LogP contribution in [-0.4, -0.2) is 21.7 Å². The quantitative estimate of drug-likeness (QED) is 0.719. The Hall–Kier alpha value is -3.28. The van der Waals surface area contributed by atoms with Crippen molar-refractivity contribution in [2.45, 2.75) is 25.9 Å². The van der Waals surface area contributed by atoms with E-state index in [0.29, 0.717) is 5.56 Å². The Morgan fingerprint density at radius 2 is 1.96 bits per heavy atom. The number of hydrogen-bond acceptors (Lipinski definition) is 3. The van der Waals surface area contributed by atoms with Gasteiger partial charge in [-0.2, -0.15) is 5.10 Å². The van der Waals surface area contributed by atoms with Gasteiger partial charge in [-0.05, 0) is 48.7 Å². The minimum Gasteiger partial charge on any atom is -0.304 e. The van der Waals surface area contributed by atoms with E-state index < -0.39 is 0 Å². The lowest BCUT2D eigenvalue weighted by atomic mass is 10.1.